The molecule has 1 N–H and O–H groups in total. The van der Waals surface area contributed by atoms with Gasteiger partial charge in [-0.25, -0.2) is 9.78 Å². The fraction of sp³-hybridized carbons (Fsp3) is 0.304. The lowest BCUT2D eigenvalue weighted by Gasteiger charge is -2.14. The molecule has 0 radical (unpaired) electrons. The molecule has 3 aromatic rings. The number of aryl methyl sites for hydroxylation is 1. The molecule has 1 atom stereocenters. The van der Waals surface area contributed by atoms with E-state index in [-0.39, 0.29) is 11.1 Å². The largest absolute Gasteiger partial charge is 0.494 e. The zero-order valence-electron chi connectivity index (χ0n) is 17.4. The maximum absolute atomic E-state index is 12.6. The summed E-state index contributed by atoms with van der Waals surface area (Å²) in [4.78, 5) is 42.0. The molecule has 0 spiro atoms. The van der Waals surface area contributed by atoms with Crippen molar-refractivity contribution in [3.05, 3.63) is 64.2 Å². The minimum absolute atomic E-state index is 0.0967. The number of amides is 1. The number of hydrogen-bond donors (Lipinski definition) is 1. The predicted molar refractivity (Wildman–Crippen MR) is 115 cm³/mol. The van der Waals surface area contributed by atoms with Crippen molar-refractivity contribution < 1.29 is 19.1 Å². The third-order valence-electron chi connectivity index (χ3n) is 5.14. The second-order valence-corrected chi connectivity index (χ2v) is 7.31. The Labute approximate surface area is 178 Å². The molecule has 0 saturated heterocycles. The summed E-state index contributed by atoms with van der Waals surface area (Å²) in [5.74, 6) is 0.326. The maximum atomic E-state index is 12.6. The normalized spacial score (nSPS) is 13.5. The van der Waals surface area contributed by atoms with Crippen molar-refractivity contribution in [2.75, 3.05) is 11.9 Å². The number of fused-ring (bicyclic) bond motifs is 2. The quantitative estimate of drug-likeness (QED) is 0.615. The van der Waals surface area contributed by atoms with Gasteiger partial charge in [0.1, 0.15) is 11.6 Å². The highest BCUT2D eigenvalue weighted by Gasteiger charge is 2.21. The van der Waals surface area contributed by atoms with Gasteiger partial charge in [-0.15, -0.1) is 0 Å². The first-order chi connectivity index (χ1) is 15.0. The molecule has 160 valence electrons. The summed E-state index contributed by atoms with van der Waals surface area (Å²) in [7, 11) is 0. The van der Waals surface area contributed by atoms with E-state index >= 15 is 0 Å². The van der Waals surface area contributed by atoms with Crippen LogP contribution in [0.25, 0.3) is 10.9 Å². The smallest absolute Gasteiger partial charge is 0.338 e. The lowest BCUT2D eigenvalue weighted by molar-refractivity contribution is -0.123. The molecule has 1 aliphatic heterocycles. The lowest BCUT2D eigenvalue weighted by Crippen LogP contribution is -2.30. The first-order valence-electron chi connectivity index (χ1n) is 10.2. The standard InChI is InChI=1S/C23H23N3O5/c1-3-30-17-9-7-16(8-10-17)24-21(27)14(2)31-23(29)15-6-11-18-19(13-15)25-20-5-4-12-26(20)22(18)28/h6-11,13-14H,3-5,12H2,1-2H3,(H,24,27)/t14-/m0/s1. The number of aromatic nitrogens is 2. The summed E-state index contributed by atoms with van der Waals surface area (Å²) in [5.41, 5.74) is 1.17. The van der Waals surface area contributed by atoms with Crippen LogP contribution in [0.5, 0.6) is 5.75 Å². The number of nitrogens with zero attached hydrogens (tertiary/aromatic N) is 2. The molecule has 1 aromatic heterocycles. The average Bonchev–Trinajstić information content (AvgIpc) is 3.24. The van der Waals surface area contributed by atoms with Crippen molar-refractivity contribution in [2.45, 2.75) is 39.3 Å². The minimum Gasteiger partial charge on any atom is -0.494 e. The van der Waals surface area contributed by atoms with Gasteiger partial charge in [-0.2, -0.15) is 0 Å². The van der Waals surface area contributed by atoms with Gasteiger partial charge in [-0.3, -0.25) is 14.2 Å². The van der Waals surface area contributed by atoms with E-state index in [9.17, 15) is 14.4 Å². The number of anilines is 1. The molecule has 2 aromatic carbocycles. The number of carbonyl (C=O) groups is 2. The van der Waals surface area contributed by atoms with Crippen molar-refractivity contribution in [1.29, 1.82) is 0 Å². The van der Waals surface area contributed by atoms with Gasteiger partial charge in [0.2, 0.25) is 0 Å². The van der Waals surface area contributed by atoms with E-state index in [4.69, 9.17) is 9.47 Å². The van der Waals surface area contributed by atoms with Crippen molar-refractivity contribution >= 4 is 28.5 Å². The number of ether oxygens (including phenoxy) is 2. The molecule has 0 saturated carbocycles. The summed E-state index contributed by atoms with van der Waals surface area (Å²) < 4.78 is 12.4. The maximum Gasteiger partial charge on any atom is 0.338 e. The first kappa shape index (κ1) is 20.6. The van der Waals surface area contributed by atoms with Crippen LogP contribution >= 0.6 is 0 Å². The summed E-state index contributed by atoms with van der Waals surface area (Å²) >= 11 is 0. The van der Waals surface area contributed by atoms with Crippen molar-refractivity contribution in [3.63, 3.8) is 0 Å². The summed E-state index contributed by atoms with van der Waals surface area (Å²) in [6, 6.07) is 11.6. The fourth-order valence-corrected chi connectivity index (χ4v) is 3.54. The van der Waals surface area contributed by atoms with E-state index in [0.717, 1.165) is 18.7 Å². The number of carbonyl (C=O) groups excluding carboxylic acids is 2. The minimum atomic E-state index is -1.01. The van der Waals surface area contributed by atoms with Gasteiger partial charge < -0.3 is 14.8 Å². The molecule has 0 aliphatic carbocycles. The van der Waals surface area contributed by atoms with Crippen molar-refractivity contribution in [2.24, 2.45) is 0 Å². The average molecular weight is 421 g/mol. The highest BCUT2D eigenvalue weighted by molar-refractivity contribution is 5.98. The van der Waals surface area contributed by atoms with Crippen LogP contribution in [0.4, 0.5) is 5.69 Å². The molecule has 0 unspecified atom stereocenters. The second kappa shape index (κ2) is 8.59. The van der Waals surface area contributed by atoms with Crippen LogP contribution in [-0.2, 0) is 22.5 Å². The SMILES string of the molecule is CCOc1ccc(NC(=O)[C@H](C)OC(=O)c2ccc3c(=O)n4c(nc3c2)CCC4)cc1. The van der Waals surface area contributed by atoms with Gasteiger partial charge in [0, 0.05) is 18.7 Å². The molecule has 0 bridgehead atoms. The van der Waals surface area contributed by atoms with Gasteiger partial charge in [-0.05, 0) is 62.7 Å². The summed E-state index contributed by atoms with van der Waals surface area (Å²) in [5, 5.41) is 3.17. The van der Waals surface area contributed by atoms with Gasteiger partial charge in [0.25, 0.3) is 11.5 Å². The van der Waals surface area contributed by atoms with E-state index < -0.39 is 18.0 Å². The molecule has 2 heterocycles. The van der Waals surface area contributed by atoms with E-state index in [1.807, 2.05) is 6.92 Å². The van der Waals surface area contributed by atoms with Crippen LogP contribution in [0.1, 0.15) is 36.5 Å². The topological polar surface area (TPSA) is 99.5 Å². The monoisotopic (exact) mass is 421 g/mol. The Morgan fingerprint density at radius 3 is 2.71 bits per heavy atom. The first-order valence-corrected chi connectivity index (χ1v) is 10.2. The Hall–Kier alpha value is -3.68. The zero-order chi connectivity index (χ0) is 22.0. The second-order valence-electron chi connectivity index (χ2n) is 7.31. The van der Waals surface area contributed by atoms with Crippen LogP contribution < -0.4 is 15.6 Å². The number of nitrogens with one attached hydrogen (secondary N) is 1. The molecule has 0 fully saturated rings. The molecule has 8 nitrogen and oxygen atoms in total. The molecule has 1 aliphatic rings. The Morgan fingerprint density at radius 2 is 1.97 bits per heavy atom. The molecule has 1 amide bonds. The molecule has 4 rings (SSSR count). The highest BCUT2D eigenvalue weighted by atomic mass is 16.5. The van der Waals surface area contributed by atoms with Crippen molar-refractivity contribution in [1.82, 2.24) is 9.55 Å². The van der Waals surface area contributed by atoms with Gasteiger partial charge in [0.05, 0.1) is 23.1 Å². The van der Waals surface area contributed by atoms with E-state index in [0.29, 0.717) is 35.5 Å². The molecule has 31 heavy (non-hydrogen) atoms. The van der Waals surface area contributed by atoms with E-state index in [2.05, 4.69) is 10.3 Å². The van der Waals surface area contributed by atoms with Crippen LogP contribution in [0.3, 0.4) is 0 Å². The van der Waals surface area contributed by atoms with Crippen molar-refractivity contribution in [3.8, 4) is 5.75 Å². The van der Waals surface area contributed by atoms with Crippen LogP contribution in [0.2, 0.25) is 0 Å². The van der Waals surface area contributed by atoms with E-state index in [1.165, 1.54) is 19.1 Å². The summed E-state index contributed by atoms with van der Waals surface area (Å²) in [6.45, 7) is 4.62. The predicted octanol–water partition coefficient (Wildman–Crippen LogP) is 2.93. The van der Waals surface area contributed by atoms with Crippen LogP contribution in [-0.4, -0.2) is 34.1 Å². The van der Waals surface area contributed by atoms with E-state index in [1.54, 1.807) is 34.9 Å². The third kappa shape index (κ3) is 4.28. The highest BCUT2D eigenvalue weighted by Crippen LogP contribution is 2.18. The van der Waals surface area contributed by atoms with Crippen LogP contribution in [0.15, 0.2) is 47.3 Å². The number of esters is 1. The van der Waals surface area contributed by atoms with Gasteiger partial charge in [-0.1, -0.05) is 0 Å². The molecule has 8 heteroatoms. The summed E-state index contributed by atoms with van der Waals surface area (Å²) in [6.07, 6.45) is 0.616. The zero-order valence-corrected chi connectivity index (χ0v) is 17.4. The molecular weight excluding hydrogens is 398 g/mol. The Bertz CT molecular complexity index is 1200. The Morgan fingerprint density at radius 1 is 1.19 bits per heavy atom. The van der Waals surface area contributed by atoms with Gasteiger partial charge in [0.15, 0.2) is 6.10 Å². The fourth-order valence-electron chi connectivity index (χ4n) is 3.54. The lowest BCUT2D eigenvalue weighted by atomic mass is 10.1. The van der Waals surface area contributed by atoms with Gasteiger partial charge >= 0.3 is 5.97 Å². The Kier molecular flexibility index (Phi) is 5.70. The number of benzene rings is 2. The van der Waals surface area contributed by atoms with Crippen LogP contribution in [0, 0.1) is 0 Å². The molecular formula is C23H23N3O5. The number of rotatable bonds is 6. The number of hydrogen-bond acceptors (Lipinski definition) is 6. The Balaban J connectivity index is 1.44. The third-order valence-corrected chi connectivity index (χ3v) is 5.14.